The predicted molar refractivity (Wildman–Crippen MR) is 66.4 cm³/mol. The molecule has 3 nitrogen and oxygen atoms in total. The van der Waals surface area contributed by atoms with E-state index >= 15 is 0 Å². The zero-order valence-electron chi connectivity index (χ0n) is 9.68. The Kier molecular flexibility index (Phi) is 5.82. The van der Waals surface area contributed by atoms with Gasteiger partial charge in [-0.2, -0.15) is 0 Å². The van der Waals surface area contributed by atoms with Crippen molar-refractivity contribution in [2.24, 2.45) is 0 Å². The van der Waals surface area contributed by atoms with Gasteiger partial charge in [0.2, 0.25) is 0 Å². The van der Waals surface area contributed by atoms with Crippen LogP contribution in [0.3, 0.4) is 0 Å². The van der Waals surface area contributed by atoms with Crippen LogP contribution in [-0.4, -0.2) is 31.1 Å². The first-order chi connectivity index (χ1) is 7.72. The molecular weight excluding hydrogens is 222 g/mol. The molecule has 88 valence electrons. The van der Waals surface area contributed by atoms with Crippen molar-refractivity contribution in [3.8, 4) is 0 Å². The van der Waals surface area contributed by atoms with E-state index in [4.69, 9.17) is 4.74 Å². The summed E-state index contributed by atoms with van der Waals surface area (Å²) in [6.07, 6.45) is 3.31. The van der Waals surface area contributed by atoms with E-state index in [1.807, 2.05) is 19.2 Å². The molecule has 1 heterocycles. The van der Waals surface area contributed by atoms with Crippen LogP contribution in [0.2, 0.25) is 0 Å². The quantitative estimate of drug-likeness (QED) is 0.563. The molecule has 0 atom stereocenters. The number of esters is 1. The van der Waals surface area contributed by atoms with Crippen LogP contribution < -0.4 is 0 Å². The van der Waals surface area contributed by atoms with Crippen molar-refractivity contribution in [2.45, 2.75) is 13.5 Å². The Morgan fingerprint density at radius 3 is 3.06 bits per heavy atom. The fourth-order valence-corrected chi connectivity index (χ4v) is 2.04. The van der Waals surface area contributed by atoms with E-state index in [0.29, 0.717) is 6.61 Å². The van der Waals surface area contributed by atoms with Crippen molar-refractivity contribution >= 4 is 17.3 Å². The second kappa shape index (κ2) is 7.19. The van der Waals surface area contributed by atoms with E-state index in [9.17, 15) is 4.79 Å². The first-order valence-corrected chi connectivity index (χ1v) is 6.14. The van der Waals surface area contributed by atoms with Crippen molar-refractivity contribution in [3.05, 3.63) is 34.5 Å². The third kappa shape index (κ3) is 5.09. The standard InChI is InChI=1S/C12H17NO2S/c1-3-15-12(14)7-4-8-13(2)10-11-6-5-9-16-11/h4-7,9H,3,8,10H2,1-2H3/b7-4+. The van der Waals surface area contributed by atoms with Crippen molar-refractivity contribution in [2.75, 3.05) is 20.2 Å². The predicted octanol–water partition coefficient (Wildman–Crippen LogP) is 2.30. The maximum Gasteiger partial charge on any atom is 0.330 e. The molecule has 1 aromatic heterocycles. The van der Waals surface area contributed by atoms with Crippen LogP contribution >= 0.6 is 11.3 Å². The molecule has 0 saturated heterocycles. The van der Waals surface area contributed by atoms with E-state index in [2.05, 4.69) is 16.3 Å². The zero-order valence-corrected chi connectivity index (χ0v) is 10.5. The average Bonchev–Trinajstić information content (AvgIpc) is 2.70. The molecular formula is C12H17NO2S. The molecule has 0 radical (unpaired) electrons. The van der Waals surface area contributed by atoms with Gasteiger partial charge in [-0.05, 0) is 25.4 Å². The normalized spacial score (nSPS) is 11.2. The number of hydrogen-bond acceptors (Lipinski definition) is 4. The Balaban J connectivity index is 2.24. The van der Waals surface area contributed by atoms with Crippen LogP contribution in [0.4, 0.5) is 0 Å². The minimum atomic E-state index is -0.271. The highest BCUT2D eigenvalue weighted by atomic mass is 32.1. The lowest BCUT2D eigenvalue weighted by atomic mass is 10.4. The molecule has 0 unspecified atom stereocenters. The second-order valence-electron chi connectivity index (χ2n) is 3.43. The number of carbonyl (C=O) groups is 1. The van der Waals surface area contributed by atoms with Crippen LogP contribution in [0.25, 0.3) is 0 Å². The number of nitrogens with zero attached hydrogens (tertiary/aromatic N) is 1. The van der Waals surface area contributed by atoms with Gasteiger partial charge < -0.3 is 4.74 Å². The van der Waals surface area contributed by atoms with Gasteiger partial charge in [0.05, 0.1) is 6.61 Å². The van der Waals surface area contributed by atoms with E-state index in [1.54, 1.807) is 18.3 Å². The van der Waals surface area contributed by atoms with Gasteiger partial charge in [0, 0.05) is 24.0 Å². The van der Waals surface area contributed by atoms with Crippen LogP contribution in [0.1, 0.15) is 11.8 Å². The summed E-state index contributed by atoms with van der Waals surface area (Å²) in [4.78, 5) is 14.5. The number of thiophene rings is 1. The van der Waals surface area contributed by atoms with Gasteiger partial charge in [-0.1, -0.05) is 12.1 Å². The van der Waals surface area contributed by atoms with Crippen molar-refractivity contribution in [1.29, 1.82) is 0 Å². The van der Waals surface area contributed by atoms with Gasteiger partial charge >= 0.3 is 5.97 Å². The number of likely N-dealkylation sites (N-methyl/N-ethyl adjacent to an activating group) is 1. The van der Waals surface area contributed by atoms with Crippen molar-refractivity contribution in [3.63, 3.8) is 0 Å². The lowest BCUT2D eigenvalue weighted by Gasteiger charge is -2.12. The van der Waals surface area contributed by atoms with Crippen LogP contribution in [0, 0.1) is 0 Å². The molecule has 0 bridgehead atoms. The van der Waals surface area contributed by atoms with Gasteiger partial charge in [0.1, 0.15) is 0 Å². The first-order valence-electron chi connectivity index (χ1n) is 5.26. The Morgan fingerprint density at radius 1 is 1.62 bits per heavy atom. The Bertz CT molecular complexity index is 333. The van der Waals surface area contributed by atoms with E-state index < -0.39 is 0 Å². The zero-order chi connectivity index (χ0) is 11.8. The summed E-state index contributed by atoms with van der Waals surface area (Å²) in [6, 6.07) is 4.15. The van der Waals surface area contributed by atoms with Crippen LogP contribution in [0.15, 0.2) is 29.7 Å². The van der Waals surface area contributed by atoms with Crippen LogP contribution in [0.5, 0.6) is 0 Å². The highest BCUT2D eigenvalue weighted by Crippen LogP contribution is 2.10. The third-order valence-corrected chi connectivity index (χ3v) is 2.82. The highest BCUT2D eigenvalue weighted by Gasteiger charge is 1.99. The lowest BCUT2D eigenvalue weighted by Crippen LogP contribution is -2.17. The fourth-order valence-electron chi connectivity index (χ4n) is 1.25. The maximum absolute atomic E-state index is 11.0. The Morgan fingerprint density at radius 2 is 2.44 bits per heavy atom. The summed E-state index contributed by atoms with van der Waals surface area (Å²) in [6.45, 7) is 3.88. The molecule has 0 aliphatic heterocycles. The number of carbonyl (C=O) groups excluding carboxylic acids is 1. The summed E-state index contributed by atoms with van der Waals surface area (Å²) in [5.74, 6) is -0.271. The summed E-state index contributed by atoms with van der Waals surface area (Å²) in [5.41, 5.74) is 0. The summed E-state index contributed by atoms with van der Waals surface area (Å²) >= 11 is 1.74. The number of rotatable bonds is 6. The topological polar surface area (TPSA) is 29.5 Å². The molecule has 1 rings (SSSR count). The molecule has 0 aliphatic rings. The average molecular weight is 239 g/mol. The minimum Gasteiger partial charge on any atom is -0.463 e. The lowest BCUT2D eigenvalue weighted by molar-refractivity contribution is -0.137. The molecule has 4 heteroatoms. The third-order valence-electron chi connectivity index (χ3n) is 1.96. The monoisotopic (exact) mass is 239 g/mol. The largest absolute Gasteiger partial charge is 0.463 e. The van der Waals surface area contributed by atoms with Gasteiger partial charge in [0.15, 0.2) is 0 Å². The van der Waals surface area contributed by atoms with E-state index in [0.717, 1.165) is 13.1 Å². The fraction of sp³-hybridized carbons (Fsp3) is 0.417. The highest BCUT2D eigenvalue weighted by molar-refractivity contribution is 7.09. The minimum absolute atomic E-state index is 0.271. The molecule has 0 amide bonds. The summed E-state index contributed by atoms with van der Waals surface area (Å²) in [7, 11) is 2.02. The van der Waals surface area contributed by atoms with Gasteiger partial charge in [-0.25, -0.2) is 4.79 Å². The van der Waals surface area contributed by atoms with Crippen molar-refractivity contribution < 1.29 is 9.53 Å². The summed E-state index contributed by atoms with van der Waals surface area (Å²) in [5, 5.41) is 2.07. The van der Waals surface area contributed by atoms with Gasteiger partial charge in [-0.3, -0.25) is 4.90 Å². The molecule has 0 aliphatic carbocycles. The molecule has 0 N–H and O–H groups in total. The first kappa shape index (κ1) is 12.9. The second-order valence-corrected chi connectivity index (χ2v) is 4.46. The molecule has 0 aromatic carbocycles. The number of hydrogen-bond donors (Lipinski definition) is 0. The maximum atomic E-state index is 11.0. The SMILES string of the molecule is CCOC(=O)/C=C/CN(C)Cc1cccs1. The Hall–Kier alpha value is -1.13. The molecule has 0 fully saturated rings. The number of ether oxygens (including phenoxy) is 1. The molecule has 0 spiro atoms. The smallest absolute Gasteiger partial charge is 0.330 e. The molecule has 16 heavy (non-hydrogen) atoms. The molecule has 1 aromatic rings. The van der Waals surface area contributed by atoms with E-state index in [-0.39, 0.29) is 5.97 Å². The van der Waals surface area contributed by atoms with Crippen molar-refractivity contribution in [1.82, 2.24) is 4.90 Å². The van der Waals surface area contributed by atoms with Crippen LogP contribution in [-0.2, 0) is 16.1 Å². The van der Waals surface area contributed by atoms with Gasteiger partial charge in [0.25, 0.3) is 0 Å². The molecule has 0 saturated carbocycles. The Labute approximate surface area is 100 Å². The van der Waals surface area contributed by atoms with E-state index in [1.165, 1.54) is 11.0 Å². The van der Waals surface area contributed by atoms with Gasteiger partial charge in [-0.15, -0.1) is 11.3 Å². The summed E-state index contributed by atoms with van der Waals surface area (Å²) < 4.78 is 4.79.